The molecule has 0 saturated heterocycles. The maximum Gasteiger partial charge on any atom is 0.344 e. The number of aromatic hydroxyl groups is 1. The molecule has 0 radical (unpaired) electrons. The summed E-state index contributed by atoms with van der Waals surface area (Å²) in [6, 6.07) is 3.82. The predicted molar refractivity (Wildman–Crippen MR) is 134 cm³/mol. The van der Waals surface area contributed by atoms with Gasteiger partial charge in [0, 0.05) is 5.56 Å². The van der Waals surface area contributed by atoms with E-state index in [0.29, 0.717) is 6.42 Å². The fourth-order valence-electron chi connectivity index (χ4n) is 3.91. The van der Waals surface area contributed by atoms with Crippen LogP contribution in [0.1, 0.15) is 130 Å². The molecule has 0 spiro atoms. The van der Waals surface area contributed by atoms with E-state index in [1.54, 1.807) is 6.07 Å². The normalized spacial score (nSPS) is 13.2. The van der Waals surface area contributed by atoms with Gasteiger partial charge in [0.05, 0.1) is 0 Å². The Hall–Kier alpha value is -1.71. The summed E-state index contributed by atoms with van der Waals surface area (Å²) in [4.78, 5) is 11.9. The zero-order valence-corrected chi connectivity index (χ0v) is 21.7. The van der Waals surface area contributed by atoms with E-state index < -0.39 is 12.1 Å². The molecule has 1 aromatic rings. The summed E-state index contributed by atoms with van der Waals surface area (Å²) in [5, 5.41) is 20.6. The summed E-state index contributed by atoms with van der Waals surface area (Å²) >= 11 is 0. The summed E-state index contributed by atoms with van der Waals surface area (Å²) in [5.41, 5.74) is 1.39. The SMILES string of the molecule is CCCCCCCCCCCCC(Oc1cc(C(C)(C)C)cc(C(C)(C)C)c1O)C(=O)O. The van der Waals surface area contributed by atoms with Crippen molar-refractivity contribution < 1.29 is 19.7 Å². The number of aliphatic carboxylic acids is 1. The molecule has 1 atom stereocenters. The molecule has 1 rings (SSSR count). The smallest absolute Gasteiger partial charge is 0.344 e. The molecule has 4 nitrogen and oxygen atoms in total. The lowest BCUT2D eigenvalue weighted by Crippen LogP contribution is -2.27. The number of ether oxygens (including phenoxy) is 1. The van der Waals surface area contributed by atoms with Crippen molar-refractivity contribution in [3.8, 4) is 11.5 Å². The average Bonchev–Trinajstić information content (AvgIpc) is 2.67. The van der Waals surface area contributed by atoms with Crippen LogP contribution in [0.3, 0.4) is 0 Å². The summed E-state index contributed by atoms with van der Waals surface area (Å²) < 4.78 is 5.91. The Bertz CT molecular complexity index is 695. The molecule has 0 fully saturated rings. The topological polar surface area (TPSA) is 66.8 Å². The molecular weight excluding hydrogens is 400 g/mol. The molecular formula is C28H48O4. The van der Waals surface area contributed by atoms with Crippen LogP contribution in [0.25, 0.3) is 0 Å². The van der Waals surface area contributed by atoms with Gasteiger partial charge in [-0.15, -0.1) is 0 Å². The Morgan fingerprint density at radius 3 is 1.78 bits per heavy atom. The Balaban J connectivity index is 2.71. The lowest BCUT2D eigenvalue weighted by atomic mass is 9.80. The van der Waals surface area contributed by atoms with Gasteiger partial charge in [-0.25, -0.2) is 4.79 Å². The molecule has 4 heteroatoms. The van der Waals surface area contributed by atoms with Crippen LogP contribution in [-0.4, -0.2) is 22.3 Å². The second-order valence-corrected chi connectivity index (χ2v) is 11.3. The second-order valence-electron chi connectivity index (χ2n) is 11.3. The first-order valence-electron chi connectivity index (χ1n) is 12.6. The standard InChI is InChI=1S/C28H48O4/c1-8-9-10-11-12-13-14-15-16-17-18-23(26(30)31)32-24-20-21(27(2,3)4)19-22(25(24)29)28(5,6)7/h19-20,23,29H,8-18H2,1-7H3,(H,30,31). The average molecular weight is 449 g/mol. The van der Waals surface area contributed by atoms with E-state index >= 15 is 0 Å². The third kappa shape index (κ3) is 9.83. The quantitative estimate of drug-likeness (QED) is 0.282. The van der Waals surface area contributed by atoms with Gasteiger partial charge >= 0.3 is 5.97 Å². The van der Waals surface area contributed by atoms with Crippen molar-refractivity contribution in [1.82, 2.24) is 0 Å². The van der Waals surface area contributed by atoms with Crippen molar-refractivity contribution in [2.75, 3.05) is 0 Å². The van der Waals surface area contributed by atoms with E-state index in [1.165, 1.54) is 44.9 Å². The number of rotatable bonds is 14. The molecule has 0 aliphatic heterocycles. The van der Waals surface area contributed by atoms with Crippen molar-refractivity contribution in [2.45, 2.75) is 136 Å². The van der Waals surface area contributed by atoms with Gasteiger partial charge in [-0.2, -0.15) is 0 Å². The Labute approximate surface area is 196 Å². The predicted octanol–water partition coefficient (Wildman–Crippen LogP) is 8.13. The fourth-order valence-corrected chi connectivity index (χ4v) is 3.91. The zero-order chi connectivity index (χ0) is 24.4. The van der Waals surface area contributed by atoms with Crippen molar-refractivity contribution in [1.29, 1.82) is 0 Å². The number of carboxylic acids is 1. The van der Waals surface area contributed by atoms with Gasteiger partial charge in [0.2, 0.25) is 0 Å². The molecule has 0 aliphatic carbocycles. The van der Waals surface area contributed by atoms with Crippen LogP contribution in [0.4, 0.5) is 0 Å². The maximum atomic E-state index is 11.9. The summed E-state index contributed by atoms with van der Waals surface area (Å²) in [7, 11) is 0. The van der Waals surface area contributed by atoms with Crippen LogP contribution in [0.5, 0.6) is 11.5 Å². The number of carbonyl (C=O) groups is 1. The van der Waals surface area contributed by atoms with E-state index in [-0.39, 0.29) is 22.3 Å². The highest BCUT2D eigenvalue weighted by atomic mass is 16.5. The molecule has 0 amide bonds. The summed E-state index contributed by atoms with van der Waals surface area (Å²) in [6.45, 7) is 14.7. The lowest BCUT2D eigenvalue weighted by Gasteiger charge is -2.28. The number of hydrogen-bond acceptors (Lipinski definition) is 3. The minimum atomic E-state index is -0.973. The minimum Gasteiger partial charge on any atom is -0.504 e. The van der Waals surface area contributed by atoms with Gasteiger partial charge in [0.1, 0.15) is 0 Å². The van der Waals surface area contributed by atoms with Crippen LogP contribution >= 0.6 is 0 Å². The highest BCUT2D eigenvalue weighted by molar-refractivity contribution is 5.73. The number of unbranched alkanes of at least 4 members (excludes halogenated alkanes) is 9. The van der Waals surface area contributed by atoms with Gasteiger partial charge in [-0.05, 0) is 35.3 Å². The van der Waals surface area contributed by atoms with Crippen molar-refractivity contribution in [3.63, 3.8) is 0 Å². The third-order valence-electron chi connectivity index (χ3n) is 6.11. The van der Waals surface area contributed by atoms with E-state index in [9.17, 15) is 15.0 Å². The van der Waals surface area contributed by atoms with Crippen molar-refractivity contribution in [2.24, 2.45) is 0 Å². The molecule has 1 aromatic carbocycles. The molecule has 0 bridgehead atoms. The minimum absolute atomic E-state index is 0.0554. The van der Waals surface area contributed by atoms with Gasteiger partial charge in [0.25, 0.3) is 0 Å². The monoisotopic (exact) mass is 448 g/mol. The molecule has 0 heterocycles. The number of phenolic OH excluding ortho intramolecular Hbond substituents is 1. The fraction of sp³-hybridized carbons (Fsp3) is 0.750. The van der Waals surface area contributed by atoms with Gasteiger partial charge in [-0.1, -0.05) is 112 Å². The summed E-state index contributed by atoms with van der Waals surface area (Å²) in [5.74, 6) is -0.638. The van der Waals surface area contributed by atoms with Crippen LogP contribution in [-0.2, 0) is 15.6 Å². The van der Waals surface area contributed by atoms with E-state index in [4.69, 9.17) is 4.74 Å². The molecule has 2 N–H and O–H groups in total. The molecule has 0 aliphatic rings. The van der Waals surface area contributed by atoms with E-state index in [1.807, 2.05) is 26.8 Å². The van der Waals surface area contributed by atoms with E-state index in [2.05, 4.69) is 27.7 Å². The van der Waals surface area contributed by atoms with Gasteiger partial charge in [0.15, 0.2) is 17.6 Å². The van der Waals surface area contributed by atoms with Crippen molar-refractivity contribution in [3.05, 3.63) is 23.3 Å². The van der Waals surface area contributed by atoms with Gasteiger partial charge < -0.3 is 14.9 Å². The number of hydrogen-bond donors (Lipinski definition) is 2. The lowest BCUT2D eigenvalue weighted by molar-refractivity contribution is -0.145. The van der Waals surface area contributed by atoms with E-state index in [0.717, 1.165) is 30.4 Å². The van der Waals surface area contributed by atoms with Crippen LogP contribution < -0.4 is 4.74 Å². The highest BCUT2D eigenvalue weighted by Gasteiger charge is 2.28. The first-order valence-corrected chi connectivity index (χ1v) is 12.6. The van der Waals surface area contributed by atoms with Crippen LogP contribution in [0.15, 0.2) is 12.1 Å². The zero-order valence-electron chi connectivity index (χ0n) is 21.7. The molecule has 0 saturated carbocycles. The summed E-state index contributed by atoms with van der Waals surface area (Å²) in [6.07, 6.45) is 11.6. The van der Waals surface area contributed by atoms with Gasteiger partial charge in [-0.3, -0.25) is 0 Å². The van der Waals surface area contributed by atoms with Crippen LogP contribution in [0, 0.1) is 0 Å². The molecule has 32 heavy (non-hydrogen) atoms. The first kappa shape index (κ1) is 28.3. The second kappa shape index (κ2) is 13.1. The largest absolute Gasteiger partial charge is 0.504 e. The highest BCUT2D eigenvalue weighted by Crippen LogP contribution is 2.42. The maximum absolute atomic E-state index is 11.9. The van der Waals surface area contributed by atoms with Crippen LogP contribution in [0.2, 0.25) is 0 Å². The molecule has 1 unspecified atom stereocenters. The number of carboxylic acid groups (broad SMARTS) is 1. The van der Waals surface area contributed by atoms with Crippen molar-refractivity contribution >= 4 is 5.97 Å². The number of benzene rings is 1. The Morgan fingerprint density at radius 1 is 0.844 bits per heavy atom. The Morgan fingerprint density at radius 2 is 1.34 bits per heavy atom. The first-order chi connectivity index (χ1) is 14.9. The third-order valence-corrected chi connectivity index (χ3v) is 6.11. The molecule has 0 aromatic heterocycles. The number of phenols is 1. The molecule has 184 valence electrons. The Kier molecular flexibility index (Phi) is 11.6.